The van der Waals surface area contributed by atoms with E-state index in [-0.39, 0.29) is 5.02 Å². The Morgan fingerprint density at radius 2 is 1.83 bits per heavy atom. The molecule has 4 N–H and O–H groups in total. The van der Waals surface area contributed by atoms with E-state index in [4.69, 9.17) is 27.8 Å². The summed E-state index contributed by atoms with van der Waals surface area (Å²) in [7, 11) is 0. The first kappa shape index (κ1) is 18.1. The number of nitrogens with two attached hydrogens (primary N) is 2. The highest BCUT2D eigenvalue weighted by molar-refractivity contribution is 6.30. The van der Waals surface area contributed by atoms with Crippen molar-refractivity contribution >= 4 is 22.4 Å². The van der Waals surface area contributed by atoms with Crippen molar-refractivity contribution in [1.82, 2.24) is 4.98 Å². The number of hydrogen-bond acceptors (Lipinski definition) is 4. The number of ether oxygens (including phenoxy) is 1. The summed E-state index contributed by atoms with van der Waals surface area (Å²) in [6.45, 7) is 0. The Labute approximate surface area is 171 Å². The zero-order valence-electron chi connectivity index (χ0n) is 15.3. The van der Waals surface area contributed by atoms with E-state index in [1.54, 1.807) is 18.3 Å². The van der Waals surface area contributed by atoms with Crippen molar-refractivity contribution in [2.75, 3.05) is 0 Å². The molecule has 0 aliphatic carbocycles. The van der Waals surface area contributed by atoms with Crippen LogP contribution in [0.25, 0.3) is 22.0 Å². The molecule has 1 aliphatic rings. The average molecular weight is 406 g/mol. The van der Waals surface area contributed by atoms with Gasteiger partial charge in [0.15, 0.2) is 12.0 Å². The standard InChI is InChI=1S/C23H17ClFN3O/c24-18-12-14(8-9-19(18)25)23(27)17-10-11-28-20(21(17)29-22(23)26)16-7-3-5-13-4-1-2-6-15(13)16/h1-12,22H,26-27H2. The fraction of sp³-hybridized carbons (Fsp3) is 0.0870. The number of benzene rings is 3. The quantitative estimate of drug-likeness (QED) is 0.512. The van der Waals surface area contributed by atoms with Gasteiger partial charge in [0.2, 0.25) is 0 Å². The SMILES string of the molecule is NC1Oc2c(ccnc2-c2cccc3ccccc23)C1(N)c1ccc(F)c(Cl)c1. The van der Waals surface area contributed by atoms with Crippen LogP contribution in [0.3, 0.4) is 0 Å². The maximum atomic E-state index is 13.7. The Balaban J connectivity index is 1.74. The third-order valence-electron chi connectivity index (χ3n) is 5.49. The number of hydrogen-bond donors (Lipinski definition) is 2. The molecule has 0 saturated carbocycles. The highest BCUT2D eigenvalue weighted by Crippen LogP contribution is 2.47. The molecule has 0 saturated heterocycles. The molecule has 0 amide bonds. The topological polar surface area (TPSA) is 74.2 Å². The Kier molecular flexibility index (Phi) is 4.06. The lowest BCUT2D eigenvalue weighted by Gasteiger charge is -2.28. The summed E-state index contributed by atoms with van der Waals surface area (Å²) < 4.78 is 19.7. The second-order valence-electron chi connectivity index (χ2n) is 7.10. The Morgan fingerprint density at radius 3 is 2.66 bits per heavy atom. The summed E-state index contributed by atoms with van der Waals surface area (Å²) in [5, 5.41) is 2.12. The fourth-order valence-corrected chi connectivity index (χ4v) is 4.14. The first-order valence-corrected chi connectivity index (χ1v) is 9.52. The molecule has 3 aromatic carbocycles. The number of halogens is 2. The summed E-state index contributed by atoms with van der Waals surface area (Å²) in [4.78, 5) is 4.57. The van der Waals surface area contributed by atoms with Crippen LogP contribution in [0.4, 0.5) is 4.39 Å². The van der Waals surface area contributed by atoms with Crippen molar-refractivity contribution in [2.24, 2.45) is 11.5 Å². The zero-order valence-corrected chi connectivity index (χ0v) is 16.0. The summed E-state index contributed by atoms with van der Waals surface area (Å²) in [5.41, 5.74) is 14.7. The van der Waals surface area contributed by atoms with Gasteiger partial charge in [-0.2, -0.15) is 0 Å². The van der Waals surface area contributed by atoms with E-state index in [9.17, 15) is 4.39 Å². The van der Waals surface area contributed by atoms with Gasteiger partial charge in [-0.1, -0.05) is 60.1 Å². The number of fused-ring (bicyclic) bond motifs is 2. The lowest BCUT2D eigenvalue weighted by atomic mass is 9.83. The van der Waals surface area contributed by atoms with E-state index in [1.165, 1.54) is 12.1 Å². The Morgan fingerprint density at radius 1 is 1.03 bits per heavy atom. The molecule has 2 heterocycles. The van der Waals surface area contributed by atoms with E-state index >= 15 is 0 Å². The van der Waals surface area contributed by atoms with Gasteiger partial charge in [-0.25, -0.2) is 4.39 Å². The summed E-state index contributed by atoms with van der Waals surface area (Å²) in [6.07, 6.45) is 0.807. The van der Waals surface area contributed by atoms with E-state index in [0.29, 0.717) is 22.6 Å². The van der Waals surface area contributed by atoms with Crippen LogP contribution in [-0.2, 0) is 5.54 Å². The van der Waals surface area contributed by atoms with Crippen LogP contribution in [0, 0.1) is 5.82 Å². The first-order chi connectivity index (χ1) is 14.0. The van der Waals surface area contributed by atoms with Crippen LogP contribution in [0.2, 0.25) is 5.02 Å². The maximum absolute atomic E-state index is 13.7. The van der Waals surface area contributed by atoms with Gasteiger partial charge in [0.25, 0.3) is 0 Å². The van der Waals surface area contributed by atoms with Crippen LogP contribution >= 0.6 is 11.6 Å². The van der Waals surface area contributed by atoms with E-state index in [1.807, 2.05) is 42.5 Å². The van der Waals surface area contributed by atoms with Crippen molar-refractivity contribution in [2.45, 2.75) is 11.8 Å². The molecule has 0 spiro atoms. The molecule has 0 bridgehead atoms. The van der Waals surface area contributed by atoms with E-state index < -0.39 is 17.6 Å². The normalized spacial score (nSPS) is 20.5. The molecule has 0 fully saturated rings. The van der Waals surface area contributed by atoms with Gasteiger partial charge in [-0.3, -0.25) is 10.7 Å². The second-order valence-corrected chi connectivity index (χ2v) is 7.51. The fourth-order valence-electron chi connectivity index (χ4n) is 3.96. The van der Waals surface area contributed by atoms with Crippen LogP contribution in [0.5, 0.6) is 5.75 Å². The van der Waals surface area contributed by atoms with Crippen LogP contribution in [-0.4, -0.2) is 11.2 Å². The van der Waals surface area contributed by atoms with Crippen molar-refractivity contribution in [3.8, 4) is 17.0 Å². The lowest BCUT2D eigenvalue weighted by Crippen LogP contribution is -2.52. The van der Waals surface area contributed by atoms with E-state index in [0.717, 1.165) is 16.3 Å². The minimum Gasteiger partial charge on any atom is -0.470 e. The highest BCUT2D eigenvalue weighted by atomic mass is 35.5. The predicted molar refractivity (Wildman–Crippen MR) is 112 cm³/mol. The third kappa shape index (κ3) is 2.63. The molecule has 144 valence electrons. The maximum Gasteiger partial charge on any atom is 0.174 e. The van der Waals surface area contributed by atoms with Gasteiger partial charge >= 0.3 is 0 Å². The molecule has 2 unspecified atom stereocenters. The zero-order chi connectivity index (χ0) is 20.2. The molecule has 4 nitrogen and oxygen atoms in total. The molecule has 1 aliphatic heterocycles. The average Bonchev–Trinajstić information content (AvgIpc) is 3.01. The van der Waals surface area contributed by atoms with Crippen molar-refractivity contribution in [1.29, 1.82) is 0 Å². The molecular formula is C23H17ClFN3O. The number of pyridine rings is 1. The largest absolute Gasteiger partial charge is 0.470 e. The van der Waals surface area contributed by atoms with Gasteiger partial charge in [-0.05, 0) is 34.5 Å². The van der Waals surface area contributed by atoms with Crippen LogP contribution < -0.4 is 16.2 Å². The Hall–Kier alpha value is -2.99. The predicted octanol–water partition coefficient (Wildman–Crippen LogP) is 4.57. The minimum absolute atomic E-state index is 0.0173. The summed E-state index contributed by atoms with van der Waals surface area (Å²) >= 11 is 6.00. The number of nitrogens with zero attached hydrogens (tertiary/aromatic N) is 1. The van der Waals surface area contributed by atoms with Crippen LogP contribution in [0.1, 0.15) is 11.1 Å². The molecule has 2 atom stereocenters. The van der Waals surface area contributed by atoms with E-state index in [2.05, 4.69) is 4.98 Å². The van der Waals surface area contributed by atoms with Gasteiger partial charge < -0.3 is 10.5 Å². The molecule has 29 heavy (non-hydrogen) atoms. The number of rotatable bonds is 2. The first-order valence-electron chi connectivity index (χ1n) is 9.14. The monoisotopic (exact) mass is 405 g/mol. The van der Waals surface area contributed by atoms with Gasteiger partial charge in [0.05, 0.1) is 5.02 Å². The Bertz CT molecular complexity index is 1260. The van der Waals surface area contributed by atoms with Crippen molar-refractivity contribution in [3.05, 3.63) is 94.9 Å². The summed E-state index contributed by atoms with van der Waals surface area (Å²) in [6, 6.07) is 20.2. The van der Waals surface area contributed by atoms with Gasteiger partial charge in [0.1, 0.15) is 17.1 Å². The van der Waals surface area contributed by atoms with Gasteiger partial charge in [0, 0.05) is 17.3 Å². The highest BCUT2D eigenvalue weighted by Gasteiger charge is 2.47. The minimum atomic E-state index is -1.19. The lowest BCUT2D eigenvalue weighted by molar-refractivity contribution is 0.178. The molecular weight excluding hydrogens is 389 g/mol. The third-order valence-corrected chi connectivity index (χ3v) is 5.78. The molecule has 5 rings (SSSR count). The van der Waals surface area contributed by atoms with Crippen molar-refractivity contribution < 1.29 is 9.13 Å². The van der Waals surface area contributed by atoms with Crippen molar-refractivity contribution in [3.63, 3.8) is 0 Å². The van der Waals surface area contributed by atoms with Crippen LogP contribution in [0.15, 0.2) is 72.9 Å². The van der Waals surface area contributed by atoms with Gasteiger partial charge in [-0.15, -0.1) is 0 Å². The molecule has 4 aromatic rings. The summed E-state index contributed by atoms with van der Waals surface area (Å²) in [5.74, 6) is 0.0113. The molecule has 6 heteroatoms. The second kappa shape index (κ2) is 6.52. The number of aromatic nitrogens is 1. The molecule has 1 aromatic heterocycles. The smallest absolute Gasteiger partial charge is 0.174 e. The molecule has 0 radical (unpaired) electrons.